The van der Waals surface area contributed by atoms with Gasteiger partial charge in [-0.05, 0) is 42.4 Å². The molecule has 4 rings (SSSR count). The average Bonchev–Trinajstić information content (AvgIpc) is 3.62. The van der Waals surface area contributed by atoms with Crippen molar-refractivity contribution in [1.29, 1.82) is 0 Å². The molecule has 3 atom stereocenters. The highest BCUT2D eigenvalue weighted by Crippen LogP contribution is 2.44. The largest absolute Gasteiger partial charge is 0.480 e. The molecule has 1 saturated heterocycles. The van der Waals surface area contributed by atoms with Crippen molar-refractivity contribution in [2.45, 2.75) is 64.3 Å². The van der Waals surface area contributed by atoms with Gasteiger partial charge in [0.2, 0.25) is 5.91 Å². The Labute approximate surface area is 254 Å². The Kier molecular flexibility index (Phi) is 10.5. The first-order valence-corrected chi connectivity index (χ1v) is 15.9. The number of ether oxygens (including phenoxy) is 1. The summed E-state index contributed by atoms with van der Waals surface area (Å²) in [5.41, 5.74) is 1.90. The van der Waals surface area contributed by atoms with Crippen LogP contribution in [0.2, 0.25) is 0 Å². The summed E-state index contributed by atoms with van der Waals surface area (Å²) in [6.45, 7) is 3.74. The Morgan fingerprint density at radius 2 is 1.77 bits per heavy atom. The van der Waals surface area contributed by atoms with Crippen molar-refractivity contribution >= 4 is 42.5 Å². The summed E-state index contributed by atoms with van der Waals surface area (Å²) in [7, 11) is -5.50. The van der Waals surface area contributed by atoms with Gasteiger partial charge in [0.1, 0.15) is 24.7 Å². The predicted octanol–water partition coefficient (Wildman–Crippen LogP) is 3.42. The maximum absolute atomic E-state index is 13.8. The molecule has 1 aliphatic heterocycles. The number of carbonyl (C=O) groups is 4. The molecule has 3 aromatic rings. The monoisotopic (exact) mass is 628 g/mol. The molecular formula is C30H37N4O9P. The summed E-state index contributed by atoms with van der Waals surface area (Å²) in [4.78, 5) is 77.4. The molecule has 236 valence electrons. The number of H-pyrrole nitrogens is 1. The number of likely N-dealkylation sites (tertiary alicyclic amines) is 1. The van der Waals surface area contributed by atoms with Crippen LogP contribution in [0.5, 0.6) is 0 Å². The SMILES string of the molecule is CC(C)C[C@H](NC(=O)[C@@H]1CCCN1C(=O)OCc1ccccc1)C(=O)N([C@@H](Cc1c[nH]c2ccccc12)C(=O)O)P(=O)(O)O. The van der Waals surface area contributed by atoms with Crippen LogP contribution in [0.1, 0.15) is 44.2 Å². The van der Waals surface area contributed by atoms with Gasteiger partial charge in [-0.1, -0.05) is 62.4 Å². The van der Waals surface area contributed by atoms with Crippen molar-refractivity contribution in [2.75, 3.05) is 6.54 Å². The molecule has 0 unspecified atom stereocenters. The van der Waals surface area contributed by atoms with E-state index in [0.717, 1.165) is 5.56 Å². The first-order chi connectivity index (χ1) is 20.9. The first-order valence-electron chi connectivity index (χ1n) is 14.3. The molecule has 2 aromatic carbocycles. The Balaban J connectivity index is 1.55. The van der Waals surface area contributed by atoms with Gasteiger partial charge < -0.3 is 29.9 Å². The van der Waals surface area contributed by atoms with Crippen LogP contribution >= 0.6 is 7.75 Å². The minimum Gasteiger partial charge on any atom is -0.480 e. The fourth-order valence-corrected chi connectivity index (χ4v) is 6.37. The van der Waals surface area contributed by atoms with E-state index in [0.29, 0.717) is 22.9 Å². The third-order valence-corrected chi connectivity index (χ3v) is 8.53. The topological polar surface area (TPSA) is 190 Å². The number of aliphatic carboxylic acids is 1. The number of nitrogens with zero attached hydrogens (tertiary/aromatic N) is 2. The van der Waals surface area contributed by atoms with E-state index in [1.165, 1.54) is 11.1 Å². The number of aromatic amines is 1. The number of rotatable bonds is 12. The highest BCUT2D eigenvalue weighted by atomic mass is 31.2. The van der Waals surface area contributed by atoms with E-state index in [9.17, 15) is 38.6 Å². The molecular weight excluding hydrogens is 591 g/mol. The lowest BCUT2D eigenvalue weighted by Crippen LogP contribution is -2.56. The fraction of sp³-hybridized carbons (Fsp3) is 0.400. The van der Waals surface area contributed by atoms with Gasteiger partial charge in [0, 0.05) is 30.1 Å². The molecule has 44 heavy (non-hydrogen) atoms. The first kappa shape index (κ1) is 32.7. The Morgan fingerprint density at radius 3 is 2.43 bits per heavy atom. The number of hydrogen-bond donors (Lipinski definition) is 5. The zero-order valence-electron chi connectivity index (χ0n) is 24.5. The van der Waals surface area contributed by atoms with Crippen LogP contribution in [-0.4, -0.2) is 78.0 Å². The maximum Gasteiger partial charge on any atom is 0.433 e. The fourth-order valence-electron chi connectivity index (χ4n) is 5.43. The molecule has 0 radical (unpaired) electrons. The van der Waals surface area contributed by atoms with Crippen molar-refractivity contribution in [1.82, 2.24) is 19.9 Å². The van der Waals surface area contributed by atoms with Gasteiger partial charge in [-0.3, -0.25) is 14.5 Å². The molecule has 1 aliphatic rings. The van der Waals surface area contributed by atoms with Gasteiger partial charge in [-0.2, -0.15) is 0 Å². The number of hydrogen-bond acceptors (Lipinski definition) is 6. The number of carboxylic acids is 1. The predicted molar refractivity (Wildman–Crippen MR) is 160 cm³/mol. The number of amides is 3. The van der Waals surface area contributed by atoms with Crippen LogP contribution in [0.25, 0.3) is 10.9 Å². The summed E-state index contributed by atoms with van der Waals surface area (Å²) in [6, 6.07) is 11.6. The molecule has 14 heteroatoms. The van der Waals surface area contributed by atoms with Crippen molar-refractivity contribution in [3.8, 4) is 0 Å². The van der Waals surface area contributed by atoms with Gasteiger partial charge in [-0.15, -0.1) is 0 Å². The number of para-hydroxylation sites is 1. The van der Waals surface area contributed by atoms with Crippen molar-refractivity contribution < 1.29 is 43.4 Å². The zero-order valence-corrected chi connectivity index (χ0v) is 25.4. The summed E-state index contributed by atoms with van der Waals surface area (Å²) in [5.74, 6) is -3.78. The Bertz CT molecular complexity index is 1540. The molecule has 1 fully saturated rings. The summed E-state index contributed by atoms with van der Waals surface area (Å²) in [6.07, 6.45) is 1.17. The molecule has 1 aromatic heterocycles. The number of nitrogens with one attached hydrogen (secondary N) is 2. The molecule has 0 aliphatic carbocycles. The number of fused-ring (bicyclic) bond motifs is 1. The lowest BCUT2D eigenvalue weighted by atomic mass is 10.0. The number of aromatic nitrogens is 1. The number of carbonyl (C=O) groups excluding carboxylic acids is 3. The van der Waals surface area contributed by atoms with E-state index in [1.807, 2.05) is 6.07 Å². The molecule has 13 nitrogen and oxygen atoms in total. The molecule has 0 saturated carbocycles. The zero-order chi connectivity index (χ0) is 32.0. The van der Waals surface area contributed by atoms with Gasteiger partial charge >= 0.3 is 19.8 Å². The molecule has 0 bridgehead atoms. The highest BCUT2D eigenvalue weighted by molar-refractivity contribution is 7.50. The smallest absolute Gasteiger partial charge is 0.433 e. The second-order valence-corrected chi connectivity index (χ2v) is 12.7. The normalized spacial score (nSPS) is 16.5. The Hall–Kier alpha value is -4.19. The third kappa shape index (κ3) is 7.85. The van der Waals surface area contributed by atoms with E-state index in [2.05, 4.69) is 10.3 Å². The van der Waals surface area contributed by atoms with Crippen LogP contribution in [0, 0.1) is 5.92 Å². The van der Waals surface area contributed by atoms with Crippen LogP contribution in [0.4, 0.5) is 4.79 Å². The van der Waals surface area contributed by atoms with Crippen molar-refractivity contribution in [2.24, 2.45) is 5.92 Å². The molecule has 5 N–H and O–H groups in total. The lowest BCUT2D eigenvalue weighted by molar-refractivity contribution is -0.148. The highest BCUT2D eigenvalue weighted by Gasteiger charge is 2.45. The average molecular weight is 629 g/mol. The molecule has 0 spiro atoms. The molecule has 2 heterocycles. The second kappa shape index (κ2) is 14.1. The van der Waals surface area contributed by atoms with Crippen LogP contribution < -0.4 is 5.32 Å². The minimum absolute atomic E-state index is 0.00320. The lowest BCUT2D eigenvalue weighted by Gasteiger charge is -2.33. The maximum atomic E-state index is 13.8. The van der Waals surface area contributed by atoms with Gasteiger partial charge in [-0.25, -0.2) is 18.8 Å². The number of benzene rings is 2. The standard InChI is InChI=1S/C30H37N4O9P/c1-19(2)15-24(32-27(35)25-13-8-14-33(25)30(39)43-18-20-9-4-3-5-10-20)28(36)34(44(40,41)42)26(29(37)38)16-21-17-31-23-12-7-6-11-22(21)23/h3-7,9-12,17,19,24-26,31H,8,13-16,18H2,1-2H3,(H,32,35)(H,37,38)(H2,40,41,42)/t24-,25-,26-/m0/s1. The van der Waals surface area contributed by atoms with E-state index < -0.39 is 56.2 Å². The van der Waals surface area contributed by atoms with Crippen molar-refractivity contribution in [3.05, 3.63) is 71.9 Å². The second-order valence-electron chi connectivity index (χ2n) is 11.2. The van der Waals surface area contributed by atoms with E-state index in [-0.39, 0.29) is 36.6 Å². The van der Waals surface area contributed by atoms with Gasteiger partial charge in [0.25, 0.3) is 5.91 Å². The van der Waals surface area contributed by atoms with E-state index in [4.69, 9.17) is 4.74 Å². The van der Waals surface area contributed by atoms with Crippen LogP contribution in [-0.2, 0) is 36.7 Å². The van der Waals surface area contributed by atoms with Crippen LogP contribution in [0.3, 0.4) is 0 Å². The Morgan fingerprint density at radius 1 is 1.09 bits per heavy atom. The van der Waals surface area contributed by atoms with E-state index >= 15 is 0 Å². The van der Waals surface area contributed by atoms with Crippen LogP contribution in [0.15, 0.2) is 60.8 Å². The molecule has 3 amide bonds. The summed E-state index contributed by atoms with van der Waals surface area (Å²) in [5, 5.41) is 13.3. The number of carboxylic acid groups (broad SMARTS) is 1. The quantitative estimate of drug-likeness (QED) is 0.187. The van der Waals surface area contributed by atoms with Gasteiger partial charge in [0.05, 0.1) is 0 Å². The minimum atomic E-state index is -5.50. The summed E-state index contributed by atoms with van der Waals surface area (Å²) < 4.78 is 18.2. The van der Waals surface area contributed by atoms with Gasteiger partial charge in [0.15, 0.2) is 0 Å². The third-order valence-electron chi connectivity index (χ3n) is 7.49. The summed E-state index contributed by atoms with van der Waals surface area (Å²) >= 11 is 0. The van der Waals surface area contributed by atoms with Crippen molar-refractivity contribution in [3.63, 3.8) is 0 Å². The van der Waals surface area contributed by atoms with E-state index in [1.54, 1.807) is 62.4 Å².